The molecule has 9 nitrogen and oxygen atoms in total. The Kier molecular flexibility index (Phi) is 7.81. The third kappa shape index (κ3) is 5.43. The number of piperazine rings is 1. The maximum Gasteiger partial charge on any atom is 0.317 e. The molecule has 2 aromatic carbocycles. The summed E-state index contributed by atoms with van der Waals surface area (Å²) in [4.78, 5) is 14.1. The lowest BCUT2D eigenvalue weighted by atomic mass is 10.2. The van der Waals surface area contributed by atoms with Gasteiger partial charge in [0.2, 0.25) is 10.0 Å². The average molecular weight is 464 g/mol. The van der Waals surface area contributed by atoms with E-state index in [1.807, 2.05) is 31.2 Å². The number of carbonyl (C=O) groups is 1. The van der Waals surface area contributed by atoms with Crippen LogP contribution < -0.4 is 19.5 Å². The number of hydrogen-bond donors (Lipinski definition) is 1. The zero-order valence-electron chi connectivity index (χ0n) is 18.5. The van der Waals surface area contributed by atoms with E-state index in [0.717, 1.165) is 11.3 Å². The van der Waals surface area contributed by atoms with E-state index in [0.29, 0.717) is 37.7 Å². The van der Waals surface area contributed by atoms with E-state index < -0.39 is 10.0 Å². The summed E-state index contributed by atoms with van der Waals surface area (Å²) in [5.74, 6) is 1.59. The molecule has 0 saturated carbocycles. The van der Waals surface area contributed by atoms with Crippen molar-refractivity contribution in [3.8, 4) is 17.2 Å². The fourth-order valence-corrected chi connectivity index (χ4v) is 4.84. The number of rotatable bonds is 8. The molecule has 0 radical (unpaired) electrons. The van der Waals surface area contributed by atoms with Gasteiger partial charge in [-0.15, -0.1) is 0 Å². The number of aryl methyl sites for hydroxylation is 1. The first-order chi connectivity index (χ1) is 15.4. The molecule has 1 fully saturated rings. The fraction of sp³-hybridized carbons (Fsp3) is 0.409. The van der Waals surface area contributed by atoms with Crippen molar-refractivity contribution in [3.05, 3.63) is 48.0 Å². The van der Waals surface area contributed by atoms with Gasteiger partial charge in [0.05, 0.1) is 25.7 Å². The molecule has 2 aromatic rings. The number of ether oxygens (including phenoxy) is 3. The molecule has 174 valence electrons. The van der Waals surface area contributed by atoms with Crippen LogP contribution in [0.4, 0.5) is 4.79 Å². The van der Waals surface area contributed by atoms with Gasteiger partial charge in [-0.2, -0.15) is 4.31 Å². The Labute approximate surface area is 188 Å². The zero-order chi connectivity index (χ0) is 23.1. The molecule has 2 amide bonds. The van der Waals surface area contributed by atoms with Crippen molar-refractivity contribution in [2.24, 2.45) is 0 Å². The van der Waals surface area contributed by atoms with E-state index in [1.54, 1.807) is 11.0 Å². The molecule has 0 aliphatic carbocycles. The summed E-state index contributed by atoms with van der Waals surface area (Å²) in [6.07, 6.45) is 0. The number of nitrogens with zero attached hydrogens (tertiary/aromatic N) is 2. The second-order valence-corrected chi connectivity index (χ2v) is 9.19. The molecular weight excluding hydrogens is 434 g/mol. The summed E-state index contributed by atoms with van der Waals surface area (Å²) in [6.45, 7) is 3.70. The van der Waals surface area contributed by atoms with E-state index in [9.17, 15) is 13.2 Å². The predicted molar refractivity (Wildman–Crippen MR) is 120 cm³/mol. The minimum atomic E-state index is -3.70. The molecule has 3 rings (SSSR count). The highest BCUT2D eigenvalue weighted by Crippen LogP contribution is 2.30. The van der Waals surface area contributed by atoms with Crippen LogP contribution in [0.2, 0.25) is 0 Å². The predicted octanol–water partition coefficient (Wildman–Crippen LogP) is 2.11. The normalized spacial score (nSPS) is 14.7. The molecule has 0 bridgehead atoms. The van der Waals surface area contributed by atoms with E-state index >= 15 is 0 Å². The van der Waals surface area contributed by atoms with Crippen LogP contribution in [0.25, 0.3) is 0 Å². The first-order valence-electron chi connectivity index (χ1n) is 10.3. The first-order valence-corrected chi connectivity index (χ1v) is 11.7. The van der Waals surface area contributed by atoms with Gasteiger partial charge >= 0.3 is 6.03 Å². The summed E-state index contributed by atoms with van der Waals surface area (Å²) in [5, 5.41) is 2.82. The molecular formula is C22H29N3O6S. The van der Waals surface area contributed by atoms with E-state index in [-0.39, 0.29) is 24.0 Å². The number of nitrogens with one attached hydrogen (secondary N) is 1. The molecule has 1 aliphatic heterocycles. The molecule has 1 saturated heterocycles. The summed E-state index contributed by atoms with van der Waals surface area (Å²) in [7, 11) is -0.758. The molecule has 1 aliphatic rings. The Bertz CT molecular complexity index is 1040. The molecule has 0 spiro atoms. The maximum absolute atomic E-state index is 13.0. The number of carbonyl (C=O) groups excluding carboxylic acids is 1. The number of hydrogen-bond acceptors (Lipinski definition) is 6. The van der Waals surface area contributed by atoms with E-state index in [1.165, 1.54) is 30.7 Å². The van der Waals surface area contributed by atoms with Crippen LogP contribution in [0, 0.1) is 6.92 Å². The molecule has 0 unspecified atom stereocenters. The Balaban J connectivity index is 1.49. The monoisotopic (exact) mass is 463 g/mol. The van der Waals surface area contributed by atoms with Crippen molar-refractivity contribution >= 4 is 16.1 Å². The van der Waals surface area contributed by atoms with Crippen LogP contribution in [0.1, 0.15) is 5.56 Å². The molecule has 1 heterocycles. The molecule has 32 heavy (non-hydrogen) atoms. The van der Waals surface area contributed by atoms with Gasteiger partial charge < -0.3 is 24.4 Å². The fourth-order valence-electron chi connectivity index (χ4n) is 3.41. The van der Waals surface area contributed by atoms with Crippen molar-refractivity contribution in [2.45, 2.75) is 11.8 Å². The number of urea groups is 1. The quantitative estimate of drug-likeness (QED) is 0.603. The van der Waals surface area contributed by atoms with Crippen LogP contribution in [0.3, 0.4) is 0 Å². The number of benzene rings is 2. The molecule has 0 aromatic heterocycles. The second-order valence-electron chi connectivity index (χ2n) is 7.25. The zero-order valence-corrected chi connectivity index (χ0v) is 19.4. The summed E-state index contributed by atoms with van der Waals surface area (Å²) >= 11 is 0. The van der Waals surface area contributed by atoms with Crippen LogP contribution >= 0.6 is 0 Å². The minimum Gasteiger partial charge on any atom is -0.493 e. The molecule has 10 heteroatoms. The highest BCUT2D eigenvalue weighted by molar-refractivity contribution is 7.89. The molecule has 0 atom stereocenters. The van der Waals surface area contributed by atoms with Crippen LogP contribution in [0.5, 0.6) is 17.2 Å². The second kappa shape index (κ2) is 10.6. The van der Waals surface area contributed by atoms with Crippen molar-refractivity contribution < 1.29 is 27.4 Å². The molecule has 1 N–H and O–H groups in total. The number of amides is 2. The highest BCUT2D eigenvalue weighted by atomic mass is 32.2. The summed E-state index contributed by atoms with van der Waals surface area (Å²) in [6, 6.07) is 12.0. The van der Waals surface area contributed by atoms with Crippen molar-refractivity contribution in [1.29, 1.82) is 0 Å². The highest BCUT2D eigenvalue weighted by Gasteiger charge is 2.30. The lowest BCUT2D eigenvalue weighted by molar-refractivity contribution is 0.170. The van der Waals surface area contributed by atoms with E-state index in [2.05, 4.69) is 5.32 Å². The van der Waals surface area contributed by atoms with Gasteiger partial charge in [-0.1, -0.05) is 18.2 Å². The summed E-state index contributed by atoms with van der Waals surface area (Å²) < 4.78 is 43.4. The van der Waals surface area contributed by atoms with Crippen LogP contribution in [-0.2, 0) is 10.0 Å². The SMILES string of the molecule is COc1ccc(S(=O)(=O)N2CCN(C(=O)NCCOc3ccccc3C)CC2)cc1OC. The van der Waals surface area contributed by atoms with Gasteiger partial charge in [0.1, 0.15) is 12.4 Å². The van der Waals surface area contributed by atoms with E-state index in [4.69, 9.17) is 14.2 Å². The van der Waals surface area contributed by atoms with Gasteiger partial charge in [-0.05, 0) is 30.7 Å². The minimum absolute atomic E-state index is 0.126. The van der Waals surface area contributed by atoms with Gasteiger partial charge in [0.15, 0.2) is 11.5 Å². The Morgan fingerprint density at radius 1 is 0.969 bits per heavy atom. The van der Waals surface area contributed by atoms with Crippen molar-refractivity contribution in [2.75, 3.05) is 53.6 Å². The third-order valence-corrected chi connectivity index (χ3v) is 7.14. The number of methoxy groups -OCH3 is 2. The summed E-state index contributed by atoms with van der Waals surface area (Å²) in [5.41, 5.74) is 1.03. The lowest BCUT2D eigenvalue weighted by Crippen LogP contribution is -2.53. The largest absolute Gasteiger partial charge is 0.493 e. The number of para-hydroxylation sites is 1. The van der Waals surface area contributed by atoms with Crippen molar-refractivity contribution in [3.63, 3.8) is 0 Å². The van der Waals surface area contributed by atoms with Gasteiger partial charge in [0.25, 0.3) is 0 Å². The topological polar surface area (TPSA) is 97.4 Å². The lowest BCUT2D eigenvalue weighted by Gasteiger charge is -2.34. The Hall–Kier alpha value is -2.98. The Morgan fingerprint density at radius 2 is 1.66 bits per heavy atom. The van der Waals surface area contributed by atoms with Crippen LogP contribution in [-0.4, -0.2) is 77.2 Å². The standard InChI is InChI=1S/C22H29N3O6S/c1-17-6-4-5-7-19(17)31-15-10-23-22(26)24-11-13-25(14-12-24)32(27,28)18-8-9-20(29-2)21(16-18)30-3/h4-9,16H,10-15H2,1-3H3,(H,23,26). The third-order valence-electron chi connectivity index (χ3n) is 5.25. The van der Waals surface area contributed by atoms with Crippen LogP contribution in [0.15, 0.2) is 47.4 Å². The first kappa shape index (κ1) is 23.7. The smallest absolute Gasteiger partial charge is 0.317 e. The van der Waals surface area contributed by atoms with Gasteiger partial charge in [0, 0.05) is 32.2 Å². The van der Waals surface area contributed by atoms with Gasteiger partial charge in [-0.3, -0.25) is 0 Å². The maximum atomic E-state index is 13.0. The number of sulfonamides is 1. The van der Waals surface area contributed by atoms with Crippen molar-refractivity contribution in [1.82, 2.24) is 14.5 Å². The van der Waals surface area contributed by atoms with Gasteiger partial charge in [-0.25, -0.2) is 13.2 Å². The Morgan fingerprint density at radius 3 is 2.31 bits per heavy atom. The average Bonchev–Trinajstić information content (AvgIpc) is 2.82.